The van der Waals surface area contributed by atoms with Gasteiger partial charge in [0.25, 0.3) is 0 Å². The highest BCUT2D eigenvalue weighted by Gasteiger charge is 2.21. The van der Waals surface area contributed by atoms with E-state index in [1.54, 1.807) is 0 Å². The Kier molecular flexibility index (Phi) is 10.6. The van der Waals surface area contributed by atoms with E-state index in [9.17, 15) is 4.79 Å². The third-order valence-corrected chi connectivity index (χ3v) is 4.79. The van der Waals surface area contributed by atoms with Gasteiger partial charge in [-0.15, -0.1) is 24.8 Å². The number of amides is 1. The first-order valence-corrected chi connectivity index (χ1v) is 9.16. The molecule has 1 fully saturated rings. The molecule has 0 radical (unpaired) electrons. The van der Waals surface area contributed by atoms with Gasteiger partial charge in [0.2, 0.25) is 5.91 Å². The van der Waals surface area contributed by atoms with Crippen molar-refractivity contribution in [2.75, 3.05) is 18.0 Å². The molecule has 0 saturated carbocycles. The van der Waals surface area contributed by atoms with Crippen molar-refractivity contribution in [1.29, 1.82) is 0 Å². The predicted molar refractivity (Wildman–Crippen MR) is 116 cm³/mol. The SMILES string of the molecule is CC(N)CCC(=O)NC1CCN(c2ccc(C(C)(C)C)cc2)CC1.Cl.Cl. The second-order valence-electron chi connectivity index (χ2n) is 8.14. The first kappa shape index (κ1) is 25.0. The minimum absolute atomic E-state index is 0. The maximum Gasteiger partial charge on any atom is 0.220 e. The van der Waals surface area contributed by atoms with Crippen molar-refractivity contribution < 1.29 is 4.79 Å². The number of anilines is 1. The summed E-state index contributed by atoms with van der Waals surface area (Å²) in [4.78, 5) is 14.3. The van der Waals surface area contributed by atoms with E-state index in [4.69, 9.17) is 5.73 Å². The van der Waals surface area contributed by atoms with Gasteiger partial charge in [0, 0.05) is 37.3 Å². The van der Waals surface area contributed by atoms with E-state index in [0.29, 0.717) is 12.5 Å². The molecule has 1 heterocycles. The summed E-state index contributed by atoms with van der Waals surface area (Å²) in [5.74, 6) is 0.139. The lowest BCUT2D eigenvalue weighted by atomic mass is 9.87. The summed E-state index contributed by atoms with van der Waals surface area (Å²) in [7, 11) is 0. The third kappa shape index (κ3) is 7.73. The van der Waals surface area contributed by atoms with Gasteiger partial charge in [-0.3, -0.25) is 4.79 Å². The van der Waals surface area contributed by atoms with Crippen molar-refractivity contribution in [3.8, 4) is 0 Å². The molecule has 0 aliphatic carbocycles. The standard InChI is InChI=1S/C20H33N3O.2ClH/c1-15(21)5-10-19(24)22-17-11-13-23(14-12-17)18-8-6-16(7-9-18)20(2,3)4;;/h6-9,15,17H,5,10-14,21H2,1-4H3,(H,22,24);2*1H. The van der Waals surface area contributed by atoms with Gasteiger partial charge in [-0.25, -0.2) is 0 Å². The Morgan fingerprint density at radius 1 is 1.19 bits per heavy atom. The molecule has 26 heavy (non-hydrogen) atoms. The van der Waals surface area contributed by atoms with Crippen LogP contribution in [0.25, 0.3) is 0 Å². The van der Waals surface area contributed by atoms with Gasteiger partial charge in [0.1, 0.15) is 0 Å². The Balaban J connectivity index is 0.00000312. The largest absolute Gasteiger partial charge is 0.371 e. The topological polar surface area (TPSA) is 58.4 Å². The highest BCUT2D eigenvalue weighted by Crippen LogP contribution is 2.26. The summed E-state index contributed by atoms with van der Waals surface area (Å²) in [6.07, 6.45) is 3.30. The minimum Gasteiger partial charge on any atom is -0.371 e. The zero-order valence-electron chi connectivity index (χ0n) is 16.5. The van der Waals surface area contributed by atoms with Crippen LogP contribution < -0.4 is 16.0 Å². The number of rotatable bonds is 5. The quantitative estimate of drug-likeness (QED) is 0.779. The predicted octanol–water partition coefficient (Wildman–Crippen LogP) is 4.04. The molecule has 2 rings (SSSR count). The highest BCUT2D eigenvalue weighted by molar-refractivity contribution is 5.85. The molecule has 1 unspecified atom stereocenters. The lowest BCUT2D eigenvalue weighted by Crippen LogP contribution is -2.44. The summed E-state index contributed by atoms with van der Waals surface area (Å²) in [5.41, 5.74) is 8.54. The average Bonchev–Trinajstić information content (AvgIpc) is 2.53. The van der Waals surface area contributed by atoms with Crippen LogP contribution in [-0.4, -0.2) is 31.1 Å². The van der Waals surface area contributed by atoms with Gasteiger partial charge in [0.15, 0.2) is 0 Å². The minimum atomic E-state index is 0. The lowest BCUT2D eigenvalue weighted by Gasteiger charge is -2.34. The van der Waals surface area contributed by atoms with Crippen molar-refractivity contribution in [2.24, 2.45) is 5.73 Å². The molecule has 1 aliphatic heterocycles. The van der Waals surface area contributed by atoms with Crippen molar-refractivity contribution in [3.63, 3.8) is 0 Å². The normalized spacial score (nSPS) is 16.3. The first-order valence-electron chi connectivity index (χ1n) is 9.16. The number of halogens is 2. The van der Waals surface area contributed by atoms with Gasteiger partial charge in [0.05, 0.1) is 0 Å². The highest BCUT2D eigenvalue weighted by atomic mass is 35.5. The van der Waals surface area contributed by atoms with Crippen LogP contribution in [0.4, 0.5) is 5.69 Å². The smallest absolute Gasteiger partial charge is 0.220 e. The van der Waals surface area contributed by atoms with Gasteiger partial charge < -0.3 is 16.0 Å². The molecule has 1 aromatic carbocycles. The van der Waals surface area contributed by atoms with Crippen molar-refractivity contribution in [1.82, 2.24) is 5.32 Å². The second kappa shape index (κ2) is 11.0. The molecule has 0 bridgehead atoms. The Morgan fingerprint density at radius 3 is 2.19 bits per heavy atom. The van der Waals surface area contributed by atoms with E-state index in [1.807, 2.05) is 6.92 Å². The lowest BCUT2D eigenvalue weighted by molar-refractivity contribution is -0.122. The molecule has 1 amide bonds. The number of hydrogen-bond acceptors (Lipinski definition) is 3. The van der Waals surface area contributed by atoms with Crippen LogP contribution in [0.15, 0.2) is 24.3 Å². The molecule has 6 heteroatoms. The van der Waals surface area contributed by atoms with Crippen LogP contribution in [-0.2, 0) is 10.2 Å². The molecule has 150 valence electrons. The first-order chi connectivity index (χ1) is 11.3. The van der Waals surface area contributed by atoms with Crippen LogP contribution in [0.1, 0.15) is 58.9 Å². The molecule has 1 atom stereocenters. The fourth-order valence-electron chi connectivity index (χ4n) is 3.11. The molecule has 4 nitrogen and oxygen atoms in total. The maximum atomic E-state index is 11.9. The van der Waals surface area contributed by atoms with Crippen LogP contribution in [0.5, 0.6) is 0 Å². The summed E-state index contributed by atoms with van der Waals surface area (Å²) >= 11 is 0. The Morgan fingerprint density at radius 2 is 1.73 bits per heavy atom. The van der Waals surface area contributed by atoms with Crippen molar-refractivity contribution in [3.05, 3.63) is 29.8 Å². The van der Waals surface area contributed by atoms with E-state index < -0.39 is 0 Å². The molecule has 0 aromatic heterocycles. The van der Waals surface area contributed by atoms with E-state index in [-0.39, 0.29) is 42.2 Å². The number of nitrogens with one attached hydrogen (secondary N) is 1. The number of nitrogens with two attached hydrogens (primary N) is 1. The molecule has 0 spiro atoms. The average molecular weight is 404 g/mol. The molecular weight excluding hydrogens is 369 g/mol. The molecule has 1 aromatic rings. The number of carbonyl (C=O) groups excluding carboxylic acids is 1. The summed E-state index contributed by atoms with van der Waals surface area (Å²) in [6, 6.07) is 9.31. The van der Waals surface area contributed by atoms with E-state index in [1.165, 1.54) is 11.3 Å². The molecule has 1 saturated heterocycles. The zero-order valence-corrected chi connectivity index (χ0v) is 18.1. The van der Waals surface area contributed by atoms with E-state index in [2.05, 4.69) is 55.3 Å². The summed E-state index contributed by atoms with van der Waals surface area (Å²) in [6.45, 7) is 10.6. The fraction of sp³-hybridized carbons (Fsp3) is 0.650. The second-order valence-corrected chi connectivity index (χ2v) is 8.14. The van der Waals surface area contributed by atoms with Crippen LogP contribution in [0.2, 0.25) is 0 Å². The molecule has 3 N–H and O–H groups in total. The number of piperidine rings is 1. The van der Waals surface area contributed by atoms with Gasteiger partial charge in [-0.2, -0.15) is 0 Å². The fourth-order valence-corrected chi connectivity index (χ4v) is 3.11. The molecular formula is C20H35Cl2N3O. The number of carbonyl (C=O) groups is 1. The third-order valence-electron chi connectivity index (χ3n) is 4.79. The Hall–Kier alpha value is -0.970. The van der Waals surface area contributed by atoms with Crippen molar-refractivity contribution >= 4 is 36.4 Å². The van der Waals surface area contributed by atoms with Crippen molar-refractivity contribution in [2.45, 2.75) is 70.9 Å². The summed E-state index contributed by atoms with van der Waals surface area (Å²) in [5, 5.41) is 3.15. The van der Waals surface area contributed by atoms with Gasteiger partial charge >= 0.3 is 0 Å². The monoisotopic (exact) mass is 403 g/mol. The van der Waals surface area contributed by atoms with E-state index in [0.717, 1.165) is 32.4 Å². The van der Waals surface area contributed by atoms with Crippen LogP contribution in [0, 0.1) is 0 Å². The summed E-state index contributed by atoms with van der Waals surface area (Å²) < 4.78 is 0. The molecule has 1 aliphatic rings. The van der Waals surface area contributed by atoms with Gasteiger partial charge in [-0.05, 0) is 49.3 Å². The number of hydrogen-bond donors (Lipinski definition) is 2. The van der Waals surface area contributed by atoms with Gasteiger partial charge in [-0.1, -0.05) is 32.9 Å². The number of nitrogens with zero attached hydrogens (tertiary/aromatic N) is 1. The van der Waals surface area contributed by atoms with Crippen LogP contribution >= 0.6 is 24.8 Å². The zero-order chi connectivity index (χ0) is 17.7. The van der Waals surface area contributed by atoms with Crippen LogP contribution in [0.3, 0.4) is 0 Å². The Bertz CT molecular complexity index is 533. The van der Waals surface area contributed by atoms with E-state index >= 15 is 0 Å². The maximum absolute atomic E-state index is 11.9. The Labute approximate surface area is 171 Å². The number of benzene rings is 1.